The number of nitrogens with zero attached hydrogens (tertiary/aromatic N) is 5. The van der Waals surface area contributed by atoms with Crippen molar-refractivity contribution in [1.29, 1.82) is 0 Å². The Morgan fingerprint density at radius 1 is 1.19 bits per heavy atom. The van der Waals surface area contributed by atoms with Crippen LogP contribution in [0, 0.1) is 13.8 Å². The Labute approximate surface area is 157 Å². The summed E-state index contributed by atoms with van der Waals surface area (Å²) in [7, 11) is 3.32. The van der Waals surface area contributed by atoms with Gasteiger partial charge in [0.05, 0.1) is 11.9 Å². The van der Waals surface area contributed by atoms with E-state index in [1.54, 1.807) is 20.3 Å². The normalized spacial score (nSPS) is 11.1. The third kappa shape index (κ3) is 3.89. The highest BCUT2D eigenvalue weighted by Crippen LogP contribution is 2.23. The molecule has 8 heteroatoms. The Kier molecular flexibility index (Phi) is 5.35. The molecular weight excluding hydrogens is 344 g/mol. The zero-order chi connectivity index (χ0) is 19.4. The second-order valence-corrected chi connectivity index (χ2v) is 6.16. The number of aryl methyl sites for hydroxylation is 3. The van der Waals surface area contributed by atoms with E-state index >= 15 is 0 Å². The molecule has 2 aromatic carbocycles. The lowest BCUT2D eigenvalue weighted by Crippen LogP contribution is -2.23. The molecule has 27 heavy (non-hydrogen) atoms. The van der Waals surface area contributed by atoms with Crippen LogP contribution in [0.4, 0.5) is 0 Å². The molecule has 0 aliphatic carbocycles. The molecule has 0 unspecified atom stereocenters. The number of hydrogen-bond acceptors (Lipinski definition) is 6. The molecule has 0 saturated heterocycles. The number of aromatic nitrogens is 4. The SMILES string of the molecule is CNN=Cc1ccc(OCc2c(C)cccc2-n2nnn(C)c2=O)c(C)c1. The van der Waals surface area contributed by atoms with Gasteiger partial charge in [0, 0.05) is 19.7 Å². The fourth-order valence-corrected chi connectivity index (χ4v) is 2.74. The number of rotatable bonds is 6. The zero-order valence-corrected chi connectivity index (χ0v) is 15.8. The average molecular weight is 366 g/mol. The third-order valence-corrected chi connectivity index (χ3v) is 4.25. The van der Waals surface area contributed by atoms with Crippen LogP contribution in [0.1, 0.15) is 22.3 Å². The molecule has 8 nitrogen and oxygen atoms in total. The van der Waals surface area contributed by atoms with Crippen LogP contribution in [-0.4, -0.2) is 33.1 Å². The molecule has 0 aliphatic heterocycles. The van der Waals surface area contributed by atoms with Crippen molar-refractivity contribution in [2.45, 2.75) is 20.5 Å². The van der Waals surface area contributed by atoms with Gasteiger partial charge in [-0.1, -0.05) is 12.1 Å². The van der Waals surface area contributed by atoms with E-state index in [0.29, 0.717) is 12.3 Å². The molecule has 1 aromatic heterocycles. The molecule has 0 saturated carbocycles. The molecule has 3 rings (SSSR count). The molecule has 0 amide bonds. The summed E-state index contributed by atoms with van der Waals surface area (Å²) in [5.74, 6) is 0.775. The van der Waals surface area contributed by atoms with E-state index < -0.39 is 0 Å². The molecule has 0 aliphatic rings. The third-order valence-electron chi connectivity index (χ3n) is 4.25. The minimum absolute atomic E-state index is 0.300. The summed E-state index contributed by atoms with van der Waals surface area (Å²) in [5.41, 5.74) is 6.99. The highest BCUT2D eigenvalue weighted by Gasteiger charge is 2.14. The van der Waals surface area contributed by atoms with Gasteiger partial charge in [-0.15, -0.1) is 0 Å². The van der Waals surface area contributed by atoms with E-state index in [2.05, 4.69) is 21.0 Å². The van der Waals surface area contributed by atoms with E-state index in [1.165, 1.54) is 9.36 Å². The molecule has 0 radical (unpaired) electrons. The van der Waals surface area contributed by atoms with Crippen LogP contribution in [0.15, 0.2) is 46.3 Å². The van der Waals surface area contributed by atoms with Gasteiger partial charge in [0.2, 0.25) is 0 Å². The fourth-order valence-electron chi connectivity index (χ4n) is 2.74. The highest BCUT2D eigenvalue weighted by atomic mass is 16.5. The molecule has 1 heterocycles. The van der Waals surface area contributed by atoms with Gasteiger partial charge in [0.1, 0.15) is 12.4 Å². The standard InChI is InChI=1S/C19H22N6O2/c1-13-6-5-7-17(25-19(26)24(4)22-23-25)16(13)12-27-18-9-8-15(10-14(18)2)11-21-20-3/h5-11,20H,12H2,1-4H3. The van der Waals surface area contributed by atoms with Crippen molar-refractivity contribution in [3.63, 3.8) is 0 Å². The smallest absolute Gasteiger partial charge is 0.368 e. The predicted molar refractivity (Wildman–Crippen MR) is 104 cm³/mol. The van der Waals surface area contributed by atoms with Crippen molar-refractivity contribution in [2.24, 2.45) is 12.1 Å². The average Bonchev–Trinajstić information content (AvgIpc) is 2.99. The van der Waals surface area contributed by atoms with Crippen LogP contribution in [0.5, 0.6) is 5.75 Å². The van der Waals surface area contributed by atoms with Gasteiger partial charge in [-0.25, -0.2) is 4.79 Å². The summed E-state index contributed by atoms with van der Waals surface area (Å²) in [6.45, 7) is 4.28. The maximum Gasteiger partial charge on any atom is 0.368 e. The number of benzene rings is 2. The first kappa shape index (κ1) is 18.4. The quantitative estimate of drug-likeness (QED) is 0.530. The lowest BCUT2D eigenvalue weighted by molar-refractivity contribution is 0.302. The van der Waals surface area contributed by atoms with Crippen LogP contribution < -0.4 is 15.9 Å². The van der Waals surface area contributed by atoms with Gasteiger partial charge >= 0.3 is 5.69 Å². The molecule has 0 spiro atoms. The maximum absolute atomic E-state index is 12.2. The molecule has 0 atom stereocenters. The summed E-state index contributed by atoms with van der Waals surface area (Å²) in [4.78, 5) is 12.2. The summed E-state index contributed by atoms with van der Waals surface area (Å²) in [6, 6.07) is 11.6. The number of hydrogen-bond donors (Lipinski definition) is 1. The second kappa shape index (κ2) is 7.86. The maximum atomic E-state index is 12.2. The Balaban J connectivity index is 1.88. The topological polar surface area (TPSA) is 86.3 Å². The Morgan fingerprint density at radius 3 is 2.67 bits per heavy atom. The number of hydrazone groups is 1. The van der Waals surface area contributed by atoms with E-state index in [4.69, 9.17) is 4.74 Å². The molecule has 0 bridgehead atoms. The largest absolute Gasteiger partial charge is 0.489 e. The van der Waals surface area contributed by atoms with Crippen LogP contribution in [-0.2, 0) is 13.7 Å². The second-order valence-electron chi connectivity index (χ2n) is 6.16. The van der Waals surface area contributed by atoms with Crippen LogP contribution >= 0.6 is 0 Å². The summed E-state index contributed by atoms with van der Waals surface area (Å²) >= 11 is 0. The Hall–Kier alpha value is -3.42. The summed E-state index contributed by atoms with van der Waals surface area (Å²) in [5, 5.41) is 11.7. The molecule has 140 valence electrons. The zero-order valence-electron chi connectivity index (χ0n) is 15.8. The van der Waals surface area contributed by atoms with Crippen molar-refractivity contribution in [1.82, 2.24) is 25.2 Å². The lowest BCUT2D eigenvalue weighted by Gasteiger charge is -2.14. The molecular formula is C19H22N6O2. The van der Waals surface area contributed by atoms with Crippen molar-refractivity contribution in [3.8, 4) is 11.4 Å². The predicted octanol–water partition coefficient (Wildman–Crippen LogP) is 1.72. The van der Waals surface area contributed by atoms with Crippen molar-refractivity contribution in [3.05, 3.63) is 69.1 Å². The van der Waals surface area contributed by atoms with Crippen LogP contribution in [0.25, 0.3) is 5.69 Å². The monoisotopic (exact) mass is 366 g/mol. The van der Waals surface area contributed by atoms with Crippen molar-refractivity contribution in [2.75, 3.05) is 7.05 Å². The number of ether oxygens (including phenoxy) is 1. The first-order valence-corrected chi connectivity index (χ1v) is 8.52. The lowest BCUT2D eigenvalue weighted by atomic mass is 10.1. The van der Waals surface area contributed by atoms with Crippen LogP contribution in [0.2, 0.25) is 0 Å². The van der Waals surface area contributed by atoms with Crippen molar-refractivity contribution < 1.29 is 4.74 Å². The molecule has 3 aromatic rings. The minimum atomic E-state index is -0.300. The first-order chi connectivity index (χ1) is 13.0. The van der Waals surface area contributed by atoms with E-state index in [1.807, 2.05) is 50.2 Å². The number of nitrogens with one attached hydrogen (secondary N) is 1. The highest BCUT2D eigenvalue weighted by molar-refractivity contribution is 5.80. The number of tetrazole rings is 1. The van der Waals surface area contributed by atoms with Gasteiger partial charge in [0.15, 0.2) is 0 Å². The van der Waals surface area contributed by atoms with Crippen LogP contribution in [0.3, 0.4) is 0 Å². The van der Waals surface area contributed by atoms with Gasteiger partial charge < -0.3 is 10.2 Å². The Bertz CT molecular complexity index is 1030. The Morgan fingerprint density at radius 2 is 2.00 bits per heavy atom. The summed E-state index contributed by atoms with van der Waals surface area (Å²) < 4.78 is 8.53. The minimum Gasteiger partial charge on any atom is -0.489 e. The molecule has 1 N–H and O–H groups in total. The summed E-state index contributed by atoms with van der Waals surface area (Å²) in [6.07, 6.45) is 1.75. The van der Waals surface area contributed by atoms with E-state index in [9.17, 15) is 4.79 Å². The van der Waals surface area contributed by atoms with Gasteiger partial charge in [-0.3, -0.25) is 0 Å². The fraction of sp³-hybridized carbons (Fsp3) is 0.263. The van der Waals surface area contributed by atoms with Gasteiger partial charge in [0.25, 0.3) is 0 Å². The van der Waals surface area contributed by atoms with E-state index in [0.717, 1.165) is 28.0 Å². The van der Waals surface area contributed by atoms with Gasteiger partial charge in [-0.2, -0.15) is 14.5 Å². The van der Waals surface area contributed by atoms with Crippen molar-refractivity contribution >= 4 is 6.21 Å². The van der Waals surface area contributed by atoms with E-state index in [-0.39, 0.29) is 5.69 Å². The van der Waals surface area contributed by atoms with Gasteiger partial charge in [-0.05, 0) is 65.2 Å². The first-order valence-electron chi connectivity index (χ1n) is 8.52. The molecule has 0 fully saturated rings.